The fraction of sp³-hybridized carbons (Fsp3) is 0.659. The van der Waals surface area contributed by atoms with Gasteiger partial charge in [-0.15, -0.1) is 0 Å². The number of carbonyl (C=O) groups excluding carboxylic acids is 4. The first-order valence-electron chi connectivity index (χ1n) is 21.7. The number of fused-ring (bicyclic) bond motifs is 7. The van der Waals surface area contributed by atoms with Crippen LogP contribution < -0.4 is 29.6 Å². The molecule has 1 saturated heterocycles. The van der Waals surface area contributed by atoms with Crippen LogP contribution in [0.3, 0.4) is 0 Å². The monoisotopic (exact) mass is 847 g/mol. The molecule has 4 amide bonds. The number of hydrogen-bond donors (Lipinski definition) is 3. The van der Waals surface area contributed by atoms with Crippen LogP contribution in [0.1, 0.15) is 128 Å². The number of aromatic nitrogens is 1. The number of pyridine rings is 1. The Kier molecular flexibility index (Phi) is 10.1. The van der Waals surface area contributed by atoms with Crippen LogP contribution in [0.4, 0.5) is 4.79 Å². The van der Waals surface area contributed by atoms with Gasteiger partial charge in [-0.3, -0.25) is 19.1 Å². The molecule has 7 aliphatic rings. The maximum Gasteiger partial charge on any atom is 0.407 e. The molecule has 60 heavy (non-hydrogen) atoms. The summed E-state index contributed by atoms with van der Waals surface area (Å²) < 4.78 is 52.5. The van der Waals surface area contributed by atoms with Crippen molar-refractivity contribution in [2.24, 2.45) is 11.3 Å². The lowest BCUT2D eigenvalue weighted by atomic mass is 9.65. The number of aryl methyl sites for hydroxylation is 1. The zero-order valence-corrected chi connectivity index (χ0v) is 35.8. The molecule has 4 fully saturated rings. The van der Waals surface area contributed by atoms with Crippen molar-refractivity contribution in [3.8, 4) is 17.2 Å². The average molecular weight is 848 g/mol. The van der Waals surface area contributed by atoms with E-state index in [4.69, 9.17) is 23.9 Å². The lowest BCUT2D eigenvalue weighted by Gasteiger charge is -2.48. The number of sulfonamides is 1. The molecule has 1 aromatic carbocycles. The highest BCUT2D eigenvalue weighted by atomic mass is 32.2. The summed E-state index contributed by atoms with van der Waals surface area (Å²) in [5.41, 5.74) is -0.254. The number of alkyl carbamates (subject to hydrolysis) is 1. The summed E-state index contributed by atoms with van der Waals surface area (Å²) in [6.45, 7) is 7.74. The molecule has 3 saturated carbocycles. The number of rotatable bonds is 6. The number of amides is 4. The van der Waals surface area contributed by atoms with E-state index in [9.17, 15) is 27.6 Å². The van der Waals surface area contributed by atoms with Gasteiger partial charge in [-0.25, -0.2) is 18.2 Å². The van der Waals surface area contributed by atoms with Gasteiger partial charge >= 0.3 is 6.09 Å². The van der Waals surface area contributed by atoms with Crippen LogP contribution in [0.15, 0.2) is 24.3 Å². The van der Waals surface area contributed by atoms with E-state index in [-0.39, 0.29) is 44.1 Å². The van der Waals surface area contributed by atoms with Crippen molar-refractivity contribution in [2.75, 3.05) is 19.9 Å². The van der Waals surface area contributed by atoms with Crippen molar-refractivity contribution < 1.29 is 46.5 Å². The zero-order valence-electron chi connectivity index (χ0n) is 35.0. The van der Waals surface area contributed by atoms with E-state index in [1.807, 2.05) is 45.1 Å². The van der Waals surface area contributed by atoms with E-state index in [2.05, 4.69) is 15.4 Å². The van der Waals surface area contributed by atoms with Gasteiger partial charge in [0.15, 0.2) is 11.5 Å². The number of nitrogens with one attached hydrogen (secondary N) is 3. The van der Waals surface area contributed by atoms with Crippen LogP contribution in [-0.2, 0) is 35.6 Å². The smallest absolute Gasteiger partial charge is 0.407 e. The molecule has 3 aliphatic carbocycles. The van der Waals surface area contributed by atoms with Gasteiger partial charge in [0.25, 0.3) is 5.91 Å². The molecule has 5 heterocycles. The second-order valence-electron chi connectivity index (χ2n) is 19.6. The quantitative estimate of drug-likeness (QED) is 0.314. The molecule has 1 spiro atoms. The Hall–Kier alpha value is -4.60. The number of allylic oxidation sites excluding steroid dienone is 1. The maximum atomic E-state index is 15.0. The Labute approximate surface area is 351 Å². The van der Waals surface area contributed by atoms with Crippen molar-refractivity contribution in [3.63, 3.8) is 0 Å². The third-order valence-corrected chi connectivity index (χ3v) is 15.8. The van der Waals surface area contributed by atoms with E-state index in [1.54, 1.807) is 6.92 Å². The molecule has 4 aliphatic heterocycles. The van der Waals surface area contributed by atoms with Crippen molar-refractivity contribution in [2.45, 2.75) is 151 Å². The SMILES string of the molecule is CC(C)(C)COC(=O)N[C@H]1CCCCC/C=C\[C@@H]2CC[C@@]2(C(=O)NS(=O)(=O)C2(C)CC2)NC(=O)[C@@H]2C[C@]3(CCc4c(c(C5CC5)nc5ccc6c(c45)OCO6)O3)CN2C1=O. The highest BCUT2D eigenvalue weighted by molar-refractivity contribution is 7.91. The van der Waals surface area contributed by atoms with Crippen LogP contribution >= 0.6 is 0 Å². The first-order valence-corrected chi connectivity index (χ1v) is 23.2. The fourth-order valence-electron chi connectivity index (χ4n) is 9.48. The van der Waals surface area contributed by atoms with Gasteiger partial charge < -0.3 is 34.5 Å². The summed E-state index contributed by atoms with van der Waals surface area (Å²) in [4.78, 5) is 64.1. The Morgan fingerprint density at radius 3 is 2.53 bits per heavy atom. The summed E-state index contributed by atoms with van der Waals surface area (Å²) in [5.74, 6) is -0.118. The molecule has 2 aromatic rings. The number of ether oxygens (including phenoxy) is 4. The van der Waals surface area contributed by atoms with E-state index in [1.165, 1.54) is 4.90 Å². The van der Waals surface area contributed by atoms with E-state index in [0.717, 1.165) is 47.8 Å². The number of benzene rings is 1. The number of carbonyl (C=O) groups is 4. The first kappa shape index (κ1) is 40.8. The second-order valence-corrected chi connectivity index (χ2v) is 21.8. The number of nitrogens with zero attached hydrogens (tertiary/aromatic N) is 2. The molecular formula is C44H57N5O10S. The summed E-state index contributed by atoms with van der Waals surface area (Å²) in [6.07, 6.45) is 11.2. The van der Waals surface area contributed by atoms with Crippen molar-refractivity contribution in [3.05, 3.63) is 35.5 Å². The van der Waals surface area contributed by atoms with Gasteiger partial charge in [0.05, 0.1) is 34.5 Å². The van der Waals surface area contributed by atoms with Crippen molar-refractivity contribution in [1.82, 2.24) is 25.2 Å². The Morgan fingerprint density at radius 2 is 1.82 bits per heavy atom. The predicted molar refractivity (Wildman–Crippen MR) is 220 cm³/mol. The van der Waals surface area contributed by atoms with Gasteiger partial charge in [0.1, 0.15) is 29.0 Å². The van der Waals surface area contributed by atoms with Crippen molar-refractivity contribution >= 4 is 44.7 Å². The van der Waals surface area contributed by atoms with Gasteiger partial charge in [0, 0.05) is 23.8 Å². The minimum absolute atomic E-state index is 0.0441. The van der Waals surface area contributed by atoms with E-state index < -0.39 is 67.7 Å². The standard InChI is InChI=1S/C44H57N5O10S/c1-41(2,3)24-56-40(53)46-30-11-9-7-5-6-8-10-27-16-19-44(27,39(52)48-60(54,55)42(4)20-21-42)47-37(50)31-22-43(23-49(31)38(30)51)18-17-28-33-29(14-15-32-36(33)58-25-57-32)45-34(26-12-13-26)35(28)59-43/h8,10,14-15,26-27,30-31H,5-7,9,11-13,16-25H2,1-4H3,(H,46,53)(H,47,50)(H,48,52)/b10-8-/t27-,30+,31+,43-,44-/m1/s1. The van der Waals surface area contributed by atoms with Crippen LogP contribution in [0.2, 0.25) is 0 Å². The normalized spacial score (nSPS) is 30.3. The summed E-state index contributed by atoms with van der Waals surface area (Å²) in [7, 11) is -4.02. The van der Waals surface area contributed by atoms with Gasteiger partial charge in [-0.1, -0.05) is 45.8 Å². The van der Waals surface area contributed by atoms with Crippen LogP contribution in [0.25, 0.3) is 10.9 Å². The molecule has 16 heteroatoms. The minimum Gasteiger partial charge on any atom is -0.483 e. The third kappa shape index (κ3) is 7.44. The van der Waals surface area contributed by atoms with Crippen LogP contribution in [-0.4, -0.2) is 90.0 Å². The van der Waals surface area contributed by atoms with Gasteiger partial charge in [-0.2, -0.15) is 0 Å². The molecule has 1 aromatic heterocycles. The Morgan fingerprint density at radius 1 is 1.02 bits per heavy atom. The van der Waals surface area contributed by atoms with Crippen LogP contribution in [0.5, 0.6) is 17.2 Å². The Balaban J connectivity index is 1.08. The fourth-order valence-corrected chi connectivity index (χ4v) is 10.8. The molecular weight excluding hydrogens is 791 g/mol. The largest absolute Gasteiger partial charge is 0.483 e. The first-order chi connectivity index (χ1) is 28.5. The third-order valence-electron chi connectivity index (χ3n) is 13.7. The highest BCUT2D eigenvalue weighted by Gasteiger charge is 2.60. The molecule has 15 nitrogen and oxygen atoms in total. The van der Waals surface area contributed by atoms with E-state index in [0.29, 0.717) is 68.6 Å². The van der Waals surface area contributed by atoms with Crippen LogP contribution in [0, 0.1) is 11.3 Å². The molecule has 0 bridgehead atoms. The summed E-state index contributed by atoms with van der Waals surface area (Å²) in [6, 6.07) is 1.72. The predicted octanol–water partition coefficient (Wildman–Crippen LogP) is 5.43. The molecule has 9 rings (SSSR count). The minimum atomic E-state index is -4.02. The lowest BCUT2D eigenvalue weighted by molar-refractivity contribution is -0.144. The van der Waals surface area contributed by atoms with Gasteiger partial charge in [0.2, 0.25) is 28.6 Å². The van der Waals surface area contributed by atoms with E-state index >= 15 is 0 Å². The molecule has 324 valence electrons. The lowest BCUT2D eigenvalue weighted by Crippen LogP contribution is -2.70. The maximum absolute atomic E-state index is 15.0. The Bertz CT molecular complexity index is 2270. The summed E-state index contributed by atoms with van der Waals surface area (Å²) in [5, 5.41) is 6.72. The van der Waals surface area contributed by atoms with Crippen molar-refractivity contribution in [1.29, 1.82) is 0 Å². The van der Waals surface area contributed by atoms with Gasteiger partial charge in [-0.05, 0) is 95.1 Å². The molecule has 0 radical (unpaired) electrons. The molecule has 3 N–H and O–H groups in total. The zero-order chi connectivity index (χ0) is 42.2. The molecule has 0 unspecified atom stereocenters. The second kappa shape index (κ2) is 14.8. The topological polar surface area (TPSA) is 192 Å². The highest BCUT2D eigenvalue weighted by Crippen LogP contribution is 2.54. The summed E-state index contributed by atoms with van der Waals surface area (Å²) >= 11 is 0. The number of hydrogen-bond acceptors (Lipinski definition) is 11. The average Bonchev–Trinajstić information content (AvgIpc) is 4.10. The molecule has 5 atom stereocenters.